The van der Waals surface area contributed by atoms with Crippen molar-refractivity contribution in [3.05, 3.63) is 28.8 Å². The molecule has 7 heteroatoms. The number of nitrogens with one attached hydrogen (secondary N) is 1. The molecule has 1 aliphatic rings. The Morgan fingerprint density at radius 2 is 2.29 bits per heavy atom. The lowest BCUT2D eigenvalue weighted by atomic mass is 10.2. The molecule has 2 rings (SSSR count). The highest BCUT2D eigenvalue weighted by Crippen LogP contribution is 2.24. The highest BCUT2D eigenvalue weighted by Gasteiger charge is 2.17. The summed E-state index contributed by atoms with van der Waals surface area (Å²) in [6.45, 7) is 0. The number of carbonyl (C=O) groups excluding carboxylic acids is 1. The molecule has 0 saturated carbocycles. The minimum Gasteiger partial charge on any atom is -0.478 e. The van der Waals surface area contributed by atoms with Gasteiger partial charge in [0.1, 0.15) is 0 Å². The molecule has 0 aliphatic carbocycles. The number of benzene rings is 1. The number of amidine groups is 1. The number of halogens is 1. The van der Waals surface area contributed by atoms with Gasteiger partial charge in [0, 0.05) is 0 Å². The molecule has 17 heavy (non-hydrogen) atoms. The summed E-state index contributed by atoms with van der Waals surface area (Å²) in [4.78, 5) is 25.9. The lowest BCUT2D eigenvalue weighted by molar-refractivity contribution is -0.116. The summed E-state index contributed by atoms with van der Waals surface area (Å²) in [5.41, 5.74) is 0.430. The Balaban J connectivity index is 2.31. The van der Waals surface area contributed by atoms with E-state index in [0.29, 0.717) is 16.6 Å². The molecule has 1 heterocycles. The molecule has 2 N–H and O–H groups in total. The number of carbonyl (C=O) groups is 2. The second-order valence-corrected chi connectivity index (χ2v) is 4.59. The highest BCUT2D eigenvalue weighted by atomic mass is 35.5. The van der Waals surface area contributed by atoms with Crippen LogP contribution in [0.3, 0.4) is 0 Å². The highest BCUT2D eigenvalue weighted by molar-refractivity contribution is 8.15. The van der Waals surface area contributed by atoms with Gasteiger partial charge in [-0.2, -0.15) is 0 Å². The van der Waals surface area contributed by atoms with Gasteiger partial charge in [0.15, 0.2) is 5.17 Å². The first kappa shape index (κ1) is 11.9. The van der Waals surface area contributed by atoms with Crippen molar-refractivity contribution < 1.29 is 14.7 Å². The van der Waals surface area contributed by atoms with Crippen molar-refractivity contribution in [3.63, 3.8) is 0 Å². The molecule has 1 amide bonds. The van der Waals surface area contributed by atoms with Gasteiger partial charge in [-0.3, -0.25) is 4.79 Å². The molecule has 1 aliphatic heterocycles. The Hall–Kier alpha value is -1.53. The third-order valence-electron chi connectivity index (χ3n) is 2.00. The summed E-state index contributed by atoms with van der Waals surface area (Å²) in [5.74, 6) is -0.889. The third kappa shape index (κ3) is 2.78. The molecular weight excluding hydrogens is 264 g/mol. The fraction of sp³-hybridized carbons (Fsp3) is 0.100. The first-order chi connectivity index (χ1) is 8.06. The molecule has 88 valence electrons. The Morgan fingerprint density at radius 3 is 2.88 bits per heavy atom. The second-order valence-electron chi connectivity index (χ2n) is 3.22. The van der Waals surface area contributed by atoms with Crippen LogP contribution in [0.25, 0.3) is 0 Å². The zero-order chi connectivity index (χ0) is 12.4. The number of hydrogen-bond acceptors (Lipinski definition) is 4. The van der Waals surface area contributed by atoms with E-state index in [2.05, 4.69) is 10.3 Å². The number of aliphatic imine (C=N–C) groups is 1. The molecule has 1 aromatic rings. The maximum atomic E-state index is 10.9. The molecule has 0 aromatic heterocycles. The van der Waals surface area contributed by atoms with Crippen molar-refractivity contribution in [3.8, 4) is 0 Å². The molecular formula is C10H7ClN2O3S. The lowest BCUT2D eigenvalue weighted by Gasteiger charge is -2.01. The molecule has 1 saturated heterocycles. The number of aromatic carboxylic acids is 1. The maximum Gasteiger partial charge on any atom is 0.337 e. The van der Waals surface area contributed by atoms with Gasteiger partial charge in [0.2, 0.25) is 5.91 Å². The first-order valence-electron chi connectivity index (χ1n) is 4.60. The van der Waals surface area contributed by atoms with Crippen molar-refractivity contribution in [1.82, 2.24) is 5.32 Å². The first-order valence-corrected chi connectivity index (χ1v) is 5.97. The lowest BCUT2D eigenvalue weighted by Crippen LogP contribution is -2.19. The van der Waals surface area contributed by atoms with E-state index in [4.69, 9.17) is 16.7 Å². The average molecular weight is 271 g/mol. The summed E-state index contributed by atoms with van der Waals surface area (Å²) in [7, 11) is 0. The predicted molar refractivity (Wildman–Crippen MR) is 66.1 cm³/mol. The normalized spacial score (nSPS) is 17.2. The number of thioether (sulfide) groups is 1. The van der Waals surface area contributed by atoms with E-state index in [1.165, 1.54) is 23.9 Å². The van der Waals surface area contributed by atoms with Crippen molar-refractivity contribution in [2.75, 3.05) is 5.75 Å². The molecule has 0 spiro atoms. The van der Waals surface area contributed by atoms with Crippen molar-refractivity contribution in [2.45, 2.75) is 0 Å². The molecule has 0 atom stereocenters. The zero-order valence-electron chi connectivity index (χ0n) is 8.44. The van der Waals surface area contributed by atoms with E-state index >= 15 is 0 Å². The van der Waals surface area contributed by atoms with E-state index in [0.717, 1.165) is 0 Å². The smallest absolute Gasteiger partial charge is 0.337 e. The van der Waals surface area contributed by atoms with E-state index in [-0.39, 0.29) is 16.5 Å². The summed E-state index contributed by atoms with van der Waals surface area (Å²) in [6.07, 6.45) is 0. The minimum absolute atomic E-state index is 0.0113. The number of nitrogens with zero attached hydrogens (tertiary/aromatic N) is 1. The van der Waals surface area contributed by atoms with Crippen LogP contribution in [0.4, 0.5) is 5.69 Å². The van der Waals surface area contributed by atoms with Crippen LogP contribution < -0.4 is 5.32 Å². The molecule has 0 bridgehead atoms. The molecule has 1 fully saturated rings. The van der Waals surface area contributed by atoms with Crippen molar-refractivity contribution in [1.29, 1.82) is 0 Å². The van der Waals surface area contributed by atoms with Gasteiger partial charge in [-0.15, -0.1) is 0 Å². The molecule has 5 nitrogen and oxygen atoms in total. The van der Waals surface area contributed by atoms with E-state index in [9.17, 15) is 9.59 Å². The van der Waals surface area contributed by atoms with Crippen molar-refractivity contribution in [2.24, 2.45) is 4.99 Å². The van der Waals surface area contributed by atoms with Gasteiger partial charge < -0.3 is 10.4 Å². The van der Waals surface area contributed by atoms with Crippen LogP contribution in [0.2, 0.25) is 5.02 Å². The van der Waals surface area contributed by atoms with Crippen LogP contribution in [0, 0.1) is 0 Å². The second kappa shape index (κ2) is 4.77. The Kier molecular flexibility index (Phi) is 3.35. The average Bonchev–Trinajstić information content (AvgIpc) is 2.66. The van der Waals surface area contributed by atoms with Crippen molar-refractivity contribution >= 4 is 46.1 Å². The van der Waals surface area contributed by atoms with Gasteiger partial charge in [0.05, 0.1) is 22.0 Å². The molecule has 0 radical (unpaired) electrons. The Morgan fingerprint density at radius 1 is 1.53 bits per heavy atom. The third-order valence-corrected chi connectivity index (χ3v) is 3.20. The summed E-state index contributed by atoms with van der Waals surface area (Å²) in [6, 6.07) is 4.42. The quantitative estimate of drug-likeness (QED) is 0.860. The minimum atomic E-state index is -1.11. The van der Waals surface area contributed by atoms with E-state index in [1.807, 2.05) is 0 Å². The number of rotatable bonds is 2. The SMILES string of the molecule is O=C1CSC(=Nc2ccc(Cl)c(C(=O)O)c2)N1. The number of amides is 1. The predicted octanol–water partition coefficient (Wildman–Crippen LogP) is 1.89. The van der Waals surface area contributed by atoms with Gasteiger partial charge in [0.25, 0.3) is 0 Å². The van der Waals surface area contributed by atoms with Crippen LogP contribution in [0.15, 0.2) is 23.2 Å². The molecule has 1 aromatic carbocycles. The van der Waals surface area contributed by atoms with E-state index < -0.39 is 5.97 Å². The largest absolute Gasteiger partial charge is 0.478 e. The topological polar surface area (TPSA) is 78.8 Å². The van der Waals surface area contributed by atoms with Gasteiger partial charge in [-0.25, -0.2) is 9.79 Å². The number of carboxylic acid groups (broad SMARTS) is 1. The Bertz CT molecular complexity index is 530. The van der Waals surface area contributed by atoms with Gasteiger partial charge >= 0.3 is 5.97 Å². The van der Waals surface area contributed by atoms with Crippen LogP contribution in [-0.2, 0) is 4.79 Å². The summed E-state index contributed by atoms with van der Waals surface area (Å²) < 4.78 is 0. The fourth-order valence-corrected chi connectivity index (χ4v) is 2.14. The Labute approximate surface area is 106 Å². The van der Waals surface area contributed by atoms with Crippen LogP contribution in [0.5, 0.6) is 0 Å². The standard InChI is InChI=1S/C10H7ClN2O3S/c11-7-2-1-5(3-6(7)9(15)16)12-10-13-8(14)4-17-10/h1-3H,4H2,(H,15,16)(H,12,13,14). The fourth-order valence-electron chi connectivity index (χ4n) is 1.25. The van der Waals surface area contributed by atoms with E-state index in [1.54, 1.807) is 6.07 Å². The number of hydrogen-bond donors (Lipinski definition) is 2. The summed E-state index contributed by atoms with van der Waals surface area (Å²) in [5, 5.41) is 12.1. The monoisotopic (exact) mass is 270 g/mol. The van der Waals surface area contributed by atoms with Crippen LogP contribution in [-0.4, -0.2) is 27.9 Å². The zero-order valence-corrected chi connectivity index (χ0v) is 10.0. The van der Waals surface area contributed by atoms with Gasteiger partial charge in [-0.1, -0.05) is 23.4 Å². The van der Waals surface area contributed by atoms with Crippen LogP contribution in [0.1, 0.15) is 10.4 Å². The summed E-state index contributed by atoms with van der Waals surface area (Å²) >= 11 is 7.00. The van der Waals surface area contributed by atoms with Gasteiger partial charge in [-0.05, 0) is 18.2 Å². The van der Waals surface area contributed by atoms with Crippen LogP contribution >= 0.6 is 23.4 Å². The maximum absolute atomic E-state index is 10.9. The molecule has 0 unspecified atom stereocenters. The number of carboxylic acids is 1.